The van der Waals surface area contributed by atoms with Crippen LogP contribution in [0.4, 0.5) is 0 Å². The molecular weight excluding hydrogens is 343 g/mol. The number of nitrogens with two attached hydrogens (primary N) is 1. The largest absolute Gasteiger partial charge is 0.481 e. The number of aliphatic imine (C=N–C) groups is 1. The average Bonchev–Trinajstić information content (AvgIpc) is 2.34. The van der Waals surface area contributed by atoms with E-state index in [1.165, 1.54) is 0 Å². The van der Waals surface area contributed by atoms with Crippen molar-refractivity contribution < 1.29 is 4.74 Å². The van der Waals surface area contributed by atoms with Gasteiger partial charge in [0.2, 0.25) is 5.88 Å². The molecular formula is C12H21IN4O. The predicted octanol–water partition coefficient (Wildman–Crippen LogP) is 1.77. The molecule has 0 fully saturated rings. The number of rotatable bonds is 5. The molecule has 0 amide bonds. The maximum absolute atomic E-state index is 5.72. The first-order valence-electron chi connectivity index (χ1n) is 5.65. The van der Waals surface area contributed by atoms with Crippen LogP contribution in [0.3, 0.4) is 0 Å². The highest BCUT2D eigenvalue weighted by atomic mass is 127. The zero-order valence-electron chi connectivity index (χ0n) is 11.0. The fourth-order valence-electron chi connectivity index (χ4n) is 1.19. The fraction of sp³-hybridized carbons (Fsp3) is 0.500. The third-order valence-electron chi connectivity index (χ3n) is 2.09. The summed E-state index contributed by atoms with van der Waals surface area (Å²) in [6.45, 7) is 5.50. The third kappa shape index (κ3) is 6.63. The van der Waals surface area contributed by atoms with Crippen molar-refractivity contribution in [3.8, 4) is 5.88 Å². The Morgan fingerprint density at radius 1 is 1.50 bits per heavy atom. The molecule has 0 aromatic carbocycles. The molecule has 0 aliphatic rings. The second kappa shape index (κ2) is 8.96. The summed E-state index contributed by atoms with van der Waals surface area (Å²) >= 11 is 0. The summed E-state index contributed by atoms with van der Waals surface area (Å²) in [4.78, 5) is 8.45. The lowest BCUT2D eigenvalue weighted by Crippen LogP contribution is -2.34. The lowest BCUT2D eigenvalue weighted by molar-refractivity contribution is 0.396. The molecule has 0 aliphatic carbocycles. The van der Waals surface area contributed by atoms with Gasteiger partial charge in [-0.05, 0) is 12.0 Å². The van der Waals surface area contributed by atoms with Crippen molar-refractivity contribution in [2.75, 3.05) is 13.7 Å². The first-order valence-corrected chi connectivity index (χ1v) is 5.65. The number of hydrogen-bond acceptors (Lipinski definition) is 3. The average molecular weight is 364 g/mol. The van der Waals surface area contributed by atoms with Crippen LogP contribution in [0.15, 0.2) is 23.2 Å². The molecule has 0 bridgehead atoms. The van der Waals surface area contributed by atoms with Crippen LogP contribution in [-0.4, -0.2) is 24.6 Å². The van der Waals surface area contributed by atoms with E-state index in [1.54, 1.807) is 13.2 Å². The zero-order valence-corrected chi connectivity index (χ0v) is 13.3. The Morgan fingerprint density at radius 3 is 2.83 bits per heavy atom. The fourth-order valence-corrected chi connectivity index (χ4v) is 1.19. The van der Waals surface area contributed by atoms with Gasteiger partial charge in [-0.25, -0.2) is 9.98 Å². The molecule has 1 rings (SSSR count). The van der Waals surface area contributed by atoms with E-state index in [4.69, 9.17) is 10.5 Å². The molecule has 0 saturated heterocycles. The molecule has 3 N–H and O–H groups in total. The molecule has 5 nitrogen and oxygen atoms in total. The van der Waals surface area contributed by atoms with Crippen LogP contribution in [0.1, 0.15) is 19.5 Å². The minimum atomic E-state index is 0. The number of pyridine rings is 1. The summed E-state index contributed by atoms with van der Waals surface area (Å²) in [7, 11) is 1.59. The van der Waals surface area contributed by atoms with Crippen molar-refractivity contribution >= 4 is 29.9 Å². The predicted molar refractivity (Wildman–Crippen MR) is 84.4 cm³/mol. The van der Waals surface area contributed by atoms with Gasteiger partial charge in [0.1, 0.15) is 0 Å². The van der Waals surface area contributed by atoms with Crippen LogP contribution in [0, 0.1) is 5.92 Å². The van der Waals surface area contributed by atoms with Gasteiger partial charge in [0, 0.05) is 12.6 Å². The number of ether oxygens (including phenoxy) is 1. The van der Waals surface area contributed by atoms with Gasteiger partial charge in [-0.2, -0.15) is 0 Å². The Balaban J connectivity index is 0.00000289. The van der Waals surface area contributed by atoms with Crippen molar-refractivity contribution in [1.29, 1.82) is 0 Å². The number of hydrogen-bond donors (Lipinski definition) is 2. The SMILES string of the molecule is COc1cccc(CN=C(N)NCC(C)C)n1.I. The van der Waals surface area contributed by atoms with Gasteiger partial charge in [-0.3, -0.25) is 0 Å². The Hall–Kier alpha value is -1.05. The highest BCUT2D eigenvalue weighted by Gasteiger charge is 1.98. The third-order valence-corrected chi connectivity index (χ3v) is 2.09. The first-order chi connectivity index (χ1) is 8.11. The molecule has 0 atom stereocenters. The lowest BCUT2D eigenvalue weighted by atomic mass is 10.2. The van der Waals surface area contributed by atoms with Gasteiger partial charge in [-0.1, -0.05) is 19.9 Å². The number of nitrogens with one attached hydrogen (secondary N) is 1. The quantitative estimate of drug-likeness (QED) is 0.475. The number of methoxy groups -OCH3 is 1. The van der Waals surface area contributed by atoms with Gasteiger partial charge >= 0.3 is 0 Å². The van der Waals surface area contributed by atoms with Gasteiger partial charge in [0.15, 0.2) is 5.96 Å². The molecule has 18 heavy (non-hydrogen) atoms. The molecule has 0 aliphatic heterocycles. The highest BCUT2D eigenvalue weighted by Crippen LogP contribution is 2.07. The molecule has 0 unspecified atom stereocenters. The van der Waals surface area contributed by atoms with Crippen molar-refractivity contribution in [2.24, 2.45) is 16.6 Å². The topological polar surface area (TPSA) is 72.5 Å². The first kappa shape index (κ1) is 16.9. The van der Waals surface area contributed by atoms with Crippen molar-refractivity contribution in [3.63, 3.8) is 0 Å². The molecule has 0 radical (unpaired) electrons. The van der Waals surface area contributed by atoms with Crippen LogP contribution in [0.5, 0.6) is 5.88 Å². The highest BCUT2D eigenvalue weighted by molar-refractivity contribution is 14.0. The maximum Gasteiger partial charge on any atom is 0.213 e. The van der Waals surface area contributed by atoms with E-state index in [1.807, 2.05) is 12.1 Å². The second-order valence-electron chi connectivity index (χ2n) is 4.15. The number of halogens is 1. The summed E-state index contributed by atoms with van der Waals surface area (Å²) in [5, 5.41) is 3.05. The Labute approximate surface area is 125 Å². The molecule has 6 heteroatoms. The minimum absolute atomic E-state index is 0. The van der Waals surface area contributed by atoms with Crippen LogP contribution in [-0.2, 0) is 6.54 Å². The van der Waals surface area contributed by atoms with E-state index >= 15 is 0 Å². The molecule has 102 valence electrons. The smallest absolute Gasteiger partial charge is 0.213 e. The molecule has 1 heterocycles. The summed E-state index contributed by atoms with van der Waals surface area (Å²) in [6, 6.07) is 5.57. The molecule has 1 aromatic heterocycles. The Bertz CT molecular complexity index is 382. The zero-order chi connectivity index (χ0) is 12.7. The summed E-state index contributed by atoms with van der Waals surface area (Å²) < 4.78 is 5.03. The summed E-state index contributed by atoms with van der Waals surface area (Å²) in [6.07, 6.45) is 0. The van der Waals surface area contributed by atoms with Crippen molar-refractivity contribution in [3.05, 3.63) is 23.9 Å². The summed E-state index contributed by atoms with van der Waals surface area (Å²) in [5.41, 5.74) is 6.55. The number of nitrogens with zero attached hydrogens (tertiary/aromatic N) is 2. The van der Waals surface area contributed by atoms with Gasteiger partial charge in [0.05, 0.1) is 19.3 Å². The number of guanidine groups is 1. The van der Waals surface area contributed by atoms with Crippen LogP contribution >= 0.6 is 24.0 Å². The maximum atomic E-state index is 5.72. The van der Waals surface area contributed by atoms with E-state index in [9.17, 15) is 0 Å². The van der Waals surface area contributed by atoms with Crippen LogP contribution < -0.4 is 15.8 Å². The van der Waals surface area contributed by atoms with Crippen molar-refractivity contribution in [1.82, 2.24) is 10.3 Å². The van der Waals surface area contributed by atoms with Gasteiger partial charge in [0.25, 0.3) is 0 Å². The lowest BCUT2D eigenvalue weighted by Gasteiger charge is -2.07. The van der Waals surface area contributed by atoms with Gasteiger partial charge < -0.3 is 15.8 Å². The molecule has 0 spiro atoms. The van der Waals surface area contributed by atoms with Crippen molar-refractivity contribution in [2.45, 2.75) is 20.4 Å². The Morgan fingerprint density at radius 2 is 2.22 bits per heavy atom. The van der Waals surface area contributed by atoms with E-state index in [0.717, 1.165) is 12.2 Å². The van der Waals surface area contributed by atoms with E-state index in [0.29, 0.717) is 24.3 Å². The normalized spacial score (nSPS) is 11.0. The molecule has 0 saturated carbocycles. The van der Waals surface area contributed by atoms with Crippen LogP contribution in [0.2, 0.25) is 0 Å². The van der Waals surface area contributed by atoms with E-state index < -0.39 is 0 Å². The van der Waals surface area contributed by atoms with E-state index in [2.05, 4.69) is 29.1 Å². The standard InChI is InChI=1S/C12H20N4O.HI/c1-9(2)7-14-12(13)15-8-10-5-4-6-11(16-10)17-3;/h4-6,9H,7-8H2,1-3H3,(H3,13,14,15);1H. The molecule has 1 aromatic rings. The second-order valence-corrected chi connectivity index (χ2v) is 4.15. The number of aromatic nitrogens is 1. The van der Waals surface area contributed by atoms with Gasteiger partial charge in [-0.15, -0.1) is 24.0 Å². The monoisotopic (exact) mass is 364 g/mol. The minimum Gasteiger partial charge on any atom is -0.481 e. The Kier molecular flexibility index (Phi) is 8.43. The van der Waals surface area contributed by atoms with Crippen LogP contribution in [0.25, 0.3) is 0 Å². The summed E-state index contributed by atoms with van der Waals surface area (Å²) in [5.74, 6) is 1.58. The van der Waals surface area contributed by atoms with E-state index in [-0.39, 0.29) is 24.0 Å².